The van der Waals surface area contributed by atoms with E-state index < -0.39 is 6.10 Å². The number of hydrogen-bond donors (Lipinski definition) is 1. The van der Waals surface area contributed by atoms with Crippen molar-refractivity contribution in [2.45, 2.75) is 39.4 Å². The maximum Gasteiger partial charge on any atom is 0.261 e. The maximum atomic E-state index is 12.5. The minimum atomic E-state index is -0.534. The largest absolute Gasteiger partial charge is 0.486 e. The van der Waals surface area contributed by atoms with Crippen molar-refractivity contribution in [1.29, 1.82) is 0 Å². The molecule has 0 bridgehead atoms. The van der Waals surface area contributed by atoms with Gasteiger partial charge >= 0.3 is 0 Å². The van der Waals surface area contributed by atoms with Crippen LogP contribution in [0.4, 0.5) is 0 Å². The smallest absolute Gasteiger partial charge is 0.261 e. The third-order valence-electron chi connectivity index (χ3n) is 4.21. The van der Waals surface area contributed by atoms with Crippen LogP contribution >= 0.6 is 0 Å². The number of carbonyl (C=O) groups excluding carboxylic acids is 1. The number of nitrogens with one attached hydrogen (secondary N) is 1. The van der Waals surface area contributed by atoms with Gasteiger partial charge in [-0.05, 0) is 55.7 Å². The van der Waals surface area contributed by atoms with Crippen LogP contribution in [0, 0.1) is 13.8 Å². The zero-order chi connectivity index (χ0) is 18.5. The average Bonchev–Trinajstić information content (AvgIpc) is 2.63. The topological polar surface area (TPSA) is 56.8 Å². The number of hydrogen-bond acceptors (Lipinski definition) is 4. The van der Waals surface area contributed by atoms with Gasteiger partial charge in [-0.25, -0.2) is 0 Å². The normalized spacial score (nSPS) is 16.7. The minimum absolute atomic E-state index is 0.144. The monoisotopic (exact) mass is 355 g/mol. The zero-order valence-electron chi connectivity index (χ0n) is 15.5. The Bertz CT molecular complexity index is 754. The first-order chi connectivity index (χ1) is 12.5. The van der Waals surface area contributed by atoms with Crippen molar-refractivity contribution in [3.8, 4) is 17.2 Å². The van der Waals surface area contributed by atoms with Gasteiger partial charge in [-0.1, -0.05) is 25.1 Å². The molecule has 1 aliphatic heterocycles. The quantitative estimate of drug-likeness (QED) is 0.863. The van der Waals surface area contributed by atoms with Crippen LogP contribution in [-0.2, 0) is 4.79 Å². The lowest BCUT2D eigenvalue weighted by molar-refractivity contribution is -0.128. The molecule has 1 amide bonds. The van der Waals surface area contributed by atoms with Gasteiger partial charge in [0.15, 0.2) is 17.6 Å². The van der Waals surface area contributed by atoms with E-state index >= 15 is 0 Å². The predicted molar refractivity (Wildman–Crippen MR) is 100.0 cm³/mol. The molecule has 1 N–H and O–H groups in total. The predicted octanol–water partition coefficient (Wildman–Crippen LogP) is 3.42. The number of para-hydroxylation sites is 2. The van der Waals surface area contributed by atoms with Gasteiger partial charge in [-0.3, -0.25) is 4.79 Å². The molecule has 0 aliphatic carbocycles. The van der Waals surface area contributed by atoms with Crippen molar-refractivity contribution >= 4 is 5.91 Å². The molecule has 0 spiro atoms. The number of fused-ring (bicyclic) bond motifs is 1. The van der Waals surface area contributed by atoms with Crippen molar-refractivity contribution in [2.75, 3.05) is 13.2 Å². The Hall–Kier alpha value is -2.69. The van der Waals surface area contributed by atoms with Crippen LogP contribution in [0.25, 0.3) is 0 Å². The summed E-state index contributed by atoms with van der Waals surface area (Å²) in [7, 11) is 0. The fourth-order valence-electron chi connectivity index (χ4n) is 2.98. The summed E-state index contributed by atoms with van der Waals surface area (Å²) < 4.78 is 17.4. The molecule has 26 heavy (non-hydrogen) atoms. The van der Waals surface area contributed by atoms with E-state index in [0.29, 0.717) is 25.3 Å². The highest BCUT2D eigenvalue weighted by Crippen LogP contribution is 2.30. The molecular weight excluding hydrogens is 330 g/mol. The van der Waals surface area contributed by atoms with Crippen LogP contribution < -0.4 is 19.5 Å². The third-order valence-corrected chi connectivity index (χ3v) is 4.21. The second-order valence-electron chi connectivity index (χ2n) is 6.58. The summed E-state index contributed by atoms with van der Waals surface area (Å²) in [6.07, 6.45) is -0.162. The average molecular weight is 355 g/mol. The van der Waals surface area contributed by atoms with E-state index in [1.165, 1.54) is 0 Å². The van der Waals surface area contributed by atoms with E-state index in [2.05, 4.69) is 11.4 Å². The lowest BCUT2D eigenvalue weighted by Crippen LogP contribution is -2.45. The van der Waals surface area contributed by atoms with Crippen LogP contribution in [0.3, 0.4) is 0 Å². The van der Waals surface area contributed by atoms with Crippen molar-refractivity contribution in [3.05, 3.63) is 53.6 Å². The Morgan fingerprint density at radius 2 is 1.88 bits per heavy atom. The highest BCUT2D eigenvalue weighted by Gasteiger charge is 2.24. The Kier molecular flexibility index (Phi) is 5.66. The first-order valence-electron chi connectivity index (χ1n) is 8.96. The molecule has 5 nitrogen and oxygen atoms in total. The Labute approximate surface area is 154 Å². The van der Waals surface area contributed by atoms with Gasteiger partial charge in [0.25, 0.3) is 5.91 Å². The van der Waals surface area contributed by atoms with Crippen molar-refractivity contribution in [2.24, 2.45) is 0 Å². The molecule has 5 heteroatoms. The molecule has 0 aromatic heterocycles. The first kappa shape index (κ1) is 18.1. The maximum absolute atomic E-state index is 12.5. The number of carbonyl (C=O) groups is 1. The van der Waals surface area contributed by atoms with Gasteiger partial charge in [0.1, 0.15) is 18.5 Å². The summed E-state index contributed by atoms with van der Waals surface area (Å²) in [5.74, 6) is 2.01. The fraction of sp³-hybridized carbons (Fsp3) is 0.381. The standard InChI is InChI=1S/C21H25NO4/c1-4-18(25-16-10-14(2)9-15(3)11-16)21(23)22-12-17-13-24-19-7-5-6-8-20(19)26-17/h5-11,17-18H,4,12-13H2,1-3H3,(H,22,23)/t17-,18+/m0/s1. The van der Waals surface area contributed by atoms with Crippen molar-refractivity contribution < 1.29 is 19.0 Å². The van der Waals surface area contributed by atoms with Gasteiger partial charge in [-0.2, -0.15) is 0 Å². The molecule has 2 aromatic carbocycles. The summed E-state index contributed by atoms with van der Waals surface area (Å²) in [5.41, 5.74) is 2.23. The summed E-state index contributed by atoms with van der Waals surface area (Å²) in [6, 6.07) is 13.5. The van der Waals surface area contributed by atoms with Crippen LogP contribution in [0.15, 0.2) is 42.5 Å². The lowest BCUT2D eigenvalue weighted by atomic mass is 10.1. The SMILES string of the molecule is CC[C@@H](Oc1cc(C)cc(C)c1)C(=O)NC[C@H]1COc2ccccc2O1. The minimum Gasteiger partial charge on any atom is -0.486 e. The molecule has 0 saturated carbocycles. The highest BCUT2D eigenvalue weighted by atomic mass is 16.6. The number of benzene rings is 2. The summed E-state index contributed by atoms with van der Waals surface area (Å²) in [4.78, 5) is 12.5. The molecule has 0 radical (unpaired) electrons. The fourth-order valence-corrected chi connectivity index (χ4v) is 2.98. The van der Waals surface area contributed by atoms with Gasteiger partial charge in [0.05, 0.1) is 6.54 Å². The van der Waals surface area contributed by atoms with Gasteiger partial charge in [0, 0.05) is 0 Å². The Balaban J connectivity index is 1.55. The van der Waals surface area contributed by atoms with E-state index in [0.717, 1.165) is 22.6 Å². The van der Waals surface area contributed by atoms with Gasteiger partial charge in [-0.15, -0.1) is 0 Å². The molecule has 2 atom stereocenters. The number of amides is 1. The second-order valence-corrected chi connectivity index (χ2v) is 6.58. The van der Waals surface area contributed by atoms with E-state index in [-0.39, 0.29) is 12.0 Å². The molecular formula is C21H25NO4. The molecule has 1 aliphatic rings. The van der Waals surface area contributed by atoms with Crippen LogP contribution in [0.2, 0.25) is 0 Å². The highest BCUT2D eigenvalue weighted by molar-refractivity contribution is 5.81. The molecule has 0 unspecified atom stereocenters. The summed E-state index contributed by atoms with van der Waals surface area (Å²) >= 11 is 0. The van der Waals surface area contributed by atoms with Crippen LogP contribution in [-0.4, -0.2) is 31.3 Å². The van der Waals surface area contributed by atoms with Crippen LogP contribution in [0.1, 0.15) is 24.5 Å². The number of ether oxygens (including phenoxy) is 3. The zero-order valence-corrected chi connectivity index (χ0v) is 15.5. The van der Waals surface area contributed by atoms with E-state index in [4.69, 9.17) is 14.2 Å². The van der Waals surface area contributed by atoms with E-state index in [1.807, 2.05) is 57.2 Å². The van der Waals surface area contributed by atoms with Gasteiger partial charge in [0.2, 0.25) is 0 Å². The van der Waals surface area contributed by atoms with E-state index in [9.17, 15) is 4.79 Å². The second kappa shape index (κ2) is 8.13. The van der Waals surface area contributed by atoms with Crippen LogP contribution in [0.5, 0.6) is 17.2 Å². The molecule has 2 aromatic rings. The Morgan fingerprint density at radius 3 is 2.58 bits per heavy atom. The number of aryl methyl sites for hydroxylation is 2. The van der Waals surface area contributed by atoms with Gasteiger partial charge < -0.3 is 19.5 Å². The lowest BCUT2D eigenvalue weighted by Gasteiger charge is -2.27. The third kappa shape index (κ3) is 4.48. The van der Waals surface area contributed by atoms with Crippen molar-refractivity contribution in [3.63, 3.8) is 0 Å². The van der Waals surface area contributed by atoms with E-state index in [1.54, 1.807) is 0 Å². The number of rotatable bonds is 6. The van der Waals surface area contributed by atoms with Crippen molar-refractivity contribution in [1.82, 2.24) is 5.32 Å². The molecule has 3 rings (SSSR count). The molecule has 138 valence electrons. The molecule has 0 saturated heterocycles. The Morgan fingerprint density at radius 1 is 1.19 bits per heavy atom. The molecule has 1 heterocycles. The molecule has 0 fully saturated rings. The first-order valence-corrected chi connectivity index (χ1v) is 8.96. The summed E-state index contributed by atoms with van der Waals surface area (Å²) in [5, 5.41) is 2.91. The summed E-state index contributed by atoms with van der Waals surface area (Å²) in [6.45, 7) is 6.74.